The molecule has 0 spiro atoms. The number of ether oxygens (including phenoxy) is 2. The van der Waals surface area contributed by atoms with Gasteiger partial charge in [0, 0.05) is 30.7 Å². The van der Waals surface area contributed by atoms with Gasteiger partial charge in [-0.1, -0.05) is 12.1 Å². The fourth-order valence-electron chi connectivity index (χ4n) is 3.01. The van der Waals surface area contributed by atoms with Gasteiger partial charge in [-0.3, -0.25) is 15.1 Å². The van der Waals surface area contributed by atoms with E-state index in [0.717, 1.165) is 16.8 Å². The first-order valence-corrected chi connectivity index (χ1v) is 7.79. The third kappa shape index (κ3) is 3.13. The zero-order chi connectivity index (χ0) is 18.0. The summed E-state index contributed by atoms with van der Waals surface area (Å²) in [5.74, 6) is 0.770. The van der Waals surface area contributed by atoms with Crippen molar-refractivity contribution < 1.29 is 19.5 Å². The lowest BCUT2D eigenvalue weighted by Crippen LogP contribution is -2.16. The van der Waals surface area contributed by atoms with Gasteiger partial charge in [-0.25, -0.2) is 0 Å². The summed E-state index contributed by atoms with van der Waals surface area (Å²) in [4.78, 5) is 14.9. The van der Waals surface area contributed by atoms with Crippen LogP contribution in [-0.2, 0) is 12.8 Å². The molecular formula is C18H18N2O5. The van der Waals surface area contributed by atoms with Gasteiger partial charge in [0.25, 0.3) is 5.69 Å². The van der Waals surface area contributed by atoms with E-state index in [1.165, 1.54) is 26.4 Å². The van der Waals surface area contributed by atoms with Crippen LogP contribution in [0.1, 0.15) is 16.7 Å². The lowest BCUT2D eigenvalue weighted by Gasteiger charge is -2.21. The number of benzene rings is 2. The number of aliphatic imine (C=N–C) groups is 1. The fraction of sp³-hybridized carbons (Fsp3) is 0.278. The number of phenols is 1. The zero-order valence-electron chi connectivity index (χ0n) is 14.0. The van der Waals surface area contributed by atoms with Gasteiger partial charge in [0.1, 0.15) is 0 Å². The lowest BCUT2D eigenvalue weighted by atomic mass is 9.92. The molecule has 0 amide bonds. The van der Waals surface area contributed by atoms with Gasteiger partial charge in [0.15, 0.2) is 11.5 Å². The topological polar surface area (TPSA) is 94.2 Å². The molecule has 0 radical (unpaired) electrons. The van der Waals surface area contributed by atoms with Crippen molar-refractivity contribution in [2.45, 2.75) is 12.8 Å². The van der Waals surface area contributed by atoms with E-state index in [1.807, 2.05) is 6.07 Å². The van der Waals surface area contributed by atoms with Crippen molar-refractivity contribution in [2.75, 3.05) is 20.8 Å². The van der Waals surface area contributed by atoms with Gasteiger partial charge in [-0.05, 0) is 23.6 Å². The summed E-state index contributed by atoms with van der Waals surface area (Å²) in [6.07, 6.45) is 1.17. The maximum absolute atomic E-state index is 10.8. The number of methoxy groups -OCH3 is 2. The summed E-state index contributed by atoms with van der Waals surface area (Å²) in [5.41, 5.74) is 3.26. The SMILES string of the molecule is COc1cc2c(c(O)c1OC)C(Cc1ccc([N+](=O)[O-])cc1)=NCC2. The molecule has 2 aromatic rings. The maximum Gasteiger partial charge on any atom is 0.269 e. The predicted molar refractivity (Wildman–Crippen MR) is 93.1 cm³/mol. The minimum Gasteiger partial charge on any atom is -0.504 e. The summed E-state index contributed by atoms with van der Waals surface area (Å²) in [7, 11) is 3.00. The summed E-state index contributed by atoms with van der Waals surface area (Å²) < 4.78 is 10.6. The van der Waals surface area contributed by atoms with Crippen LogP contribution in [0.25, 0.3) is 0 Å². The van der Waals surface area contributed by atoms with Crippen LogP contribution in [0.4, 0.5) is 5.69 Å². The van der Waals surface area contributed by atoms with Crippen molar-refractivity contribution in [2.24, 2.45) is 4.99 Å². The molecule has 1 aliphatic heterocycles. The molecule has 0 atom stereocenters. The second-order valence-electron chi connectivity index (χ2n) is 5.67. The van der Waals surface area contributed by atoms with E-state index in [1.54, 1.807) is 12.1 Å². The van der Waals surface area contributed by atoms with E-state index in [4.69, 9.17) is 9.47 Å². The van der Waals surface area contributed by atoms with Crippen molar-refractivity contribution in [1.82, 2.24) is 0 Å². The normalized spacial score (nSPS) is 13.0. The molecule has 1 heterocycles. The molecule has 0 unspecified atom stereocenters. The quantitative estimate of drug-likeness (QED) is 0.666. The second-order valence-corrected chi connectivity index (χ2v) is 5.67. The molecule has 0 saturated heterocycles. The molecular weight excluding hydrogens is 324 g/mol. The Balaban J connectivity index is 1.97. The van der Waals surface area contributed by atoms with Gasteiger partial charge in [0.05, 0.1) is 24.9 Å². The summed E-state index contributed by atoms with van der Waals surface area (Å²) in [6.45, 7) is 0.615. The highest BCUT2D eigenvalue weighted by Crippen LogP contribution is 2.42. The minimum absolute atomic E-state index is 0.0113. The Labute approximate surface area is 144 Å². The molecule has 7 heteroatoms. The van der Waals surface area contributed by atoms with Gasteiger partial charge < -0.3 is 14.6 Å². The van der Waals surface area contributed by atoms with Crippen LogP contribution >= 0.6 is 0 Å². The number of non-ortho nitro benzene ring substituents is 1. The Morgan fingerprint density at radius 3 is 2.56 bits per heavy atom. The van der Waals surface area contributed by atoms with E-state index >= 15 is 0 Å². The van der Waals surface area contributed by atoms with Gasteiger partial charge in [0.2, 0.25) is 5.75 Å². The predicted octanol–water partition coefficient (Wildman–Crippen LogP) is 2.91. The van der Waals surface area contributed by atoms with Crippen molar-refractivity contribution in [3.63, 3.8) is 0 Å². The summed E-state index contributed by atoms with van der Waals surface area (Å²) >= 11 is 0. The van der Waals surface area contributed by atoms with Crippen molar-refractivity contribution in [3.8, 4) is 17.2 Å². The molecule has 0 aliphatic carbocycles. The Morgan fingerprint density at radius 1 is 1.24 bits per heavy atom. The molecule has 7 nitrogen and oxygen atoms in total. The number of nitro groups is 1. The first kappa shape index (κ1) is 16.8. The maximum atomic E-state index is 10.8. The highest BCUT2D eigenvalue weighted by atomic mass is 16.6. The highest BCUT2D eigenvalue weighted by molar-refractivity contribution is 6.07. The van der Waals surface area contributed by atoms with Crippen LogP contribution in [0.3, 0.4) is 0 Å². The standard InChI is InChI=1S/C18H18N2O5/c1-24-15-10-12-7-8-19-14(16(12)17(21)18(15)25-2)9-11-3-5-13(6-4-11)20(22)23/h3-6,10,21H,7-9H2,1-2H3. The molecule has 3 rings (SSSR count). The average molecular weight is 342 g/mol. The number of hydrogen-bond acceptors (Lipinski definition) is 6. The minimum atomic E-state index is -0.430. The molecule has 0 fully saturated rings. The Bertz CT molecular complexity index is 844. The molecule has 0 bridgehead atoms. The number of rotatable bonds is 5. The van der Waals surface area contributed by atoms with Crippen LogP contribution in [-0.4, -0.2) is 36.5 Å². The van der Waals surface area contributed by atoms with Crippen LogP contribution < -0.4 is 9.47 Å². The third-order valence-electron chi connectivity index (χ3n) is 4.22. The largest absolute Gasteiger partial charge is 0.504 e. The Hall–Kier alpha value is -3.09. The van der Waals surface area contributed by atoms with E-state index in [-0.39, 0.29) is 17.2 Å². The molecule has 25 heavy (non-hydrogen) atoms. The fourth-order valence-corrected chi connectivity index (χ4v) is 3.01. The van der Waals surface area contributed by atoms with Crippen molar-refractivity contribution in [1.29, 1.82) is 0 Å². The lowest BCUT2D eigenvalue weighted by molar-refractivity contribution is -0.384. The number of hydrogen-bond donors (Lipinski definition) is 1. The number of nitro benzene ring substituents is 1. The first-order chi connectivity index (χ1) is 12.0. The van der Waals surface area contributed by atoms with Crippen LogP contribution in [0.2, 0.25) is 0 Å². The average Bonchev–Trinajstić information content (AvgIpc) is 2.62. The van der Waals surface area contributed by atoms with Crippen molar-refractivity contribution in [3.05, 3.63) is 57.1 Å². The highest BCUT2D eigenvalue weighted by Gasteiger charge is 2.25. The third-order valence-corrected chi connectivity index (χ3v) is 4.22. The smallest absolute Gasteiger partial charge is 0.269 e. The molecule has 130 valence electrons. The van der Waals surface area contributed by atoms with Crippen molar-refractivity contribution >= 4 is 11.4 Å². The van der Waals surface area contributed by atoms with E-state index in [2.05, 4.69) is 4.99 Å². The molecule has 2 aromatic carbocycles. The second kappa shape index (κ2) is 6.80. The summed E-state index contributed by atoms with van der Waals surface area (Å²) in [5, 5.41) is 21.4. The molecule has 1 aliphatic rings. The van der Waals surface area contributed by atoms with Crippen LogP contribution in [0.15, 0.2) is 35.3 Å². The van der Waals surface area contributed by atoms with E-state index < -0.39 is 4.92 Å². The molecule has 0 aromatic heterocycles. The Kier molecular flexibility index (Phi) is 4.56. The molecule has 0 saturated carbocycles. The first-order valence-electron chi connectivity index (χ1n) is 7.79. The zero-order valence-corrected chi connectivity index (χ0v) is 14.0. The van der Waals surface area contributed by atoms with Gasteiger partial charge in [-0.15, -0.1) is 0 Å². The molecule has 1 N–H and O–H groups in total. The van der Waals surface area contributed by atoms with Gasteiger partial charge >= 0.3 is 0 Å². The Morgan fingerprint density at radius 2 is 1.96 bits per heavy atom. The van der Waals surface area contributed by atoms with E-state index in [0.29, 0.717) is 30.7 Å². The number of nitrogens with zero attached hydrogens (tertiary/aromatic N) is 2. The number of fused-ring (bicyclic) bond motifs is 1. The van der Waals surface area contributed by atoms with E-state index in [9.17, 15) is 15.2 Å². The van der Waals surface area contributed by atoms with Gasteiger partial charge in [-0.2, -0.15) is 0 Å². The van der Waals surface area contributed by atoms with Crippen LogP contribution in [0, 0.1) is 10.1 Å². The van der Waals surface area contributed by atoms with Crippen LogP contribution in [0.5, 0.6) is 17.2 Å². The summed E-state index contributed by atoms with van der Waals surface area (Å²) in [6, 6.07) is 8.19. The monoisotopic (exact) mass is 342 g/mol. The number of aromatic hydroxyl groups is 1. The number of phenolic OH excluding ortho intramolecular Hbond substituents is 1.